The van der Waals surface area contributed by atoms with Crippen molar-refractivity contribution in [2.45, 2.75) is 161 Å². The van der Waals surface area contributed by atoms with Gasteiger partial charge in [-0.2, -0.15) is 4.89 Å². The number of hydrogen-bond acceptors (Lipinski definition) is 8. The van der Waals surface area contributed by atoms with Crippen LogP contribution in [-0.4, -0.2) is 32.4 Å². The van der Waals surface area contributed by atoms with E-state index in [1.165, 1.54) is 154 Å². The van der Waals surface area contributed by atoms with Crippen molar-refractivity contribution < 1.29 is 28.8 Å². The minimum absolute atomic E-state index is 0.0417. The van der Waals surface area contributed by atoms with E-state index in [0.29, 0.717) is 26.4 Å². The number of allylic oxidation sites excluding steroid dienone is 2. The molecular formula is C69H86O6S2. The minimum Gasteiger partial charge on any atom is -0.494 e. The van der Waals surface area contributed by atoms with E-state index < -0.39 is 0 Å². The highest BCUT2D eigenvalue weighted by Crippen LogP contribution is 2.56. The third-order valence-corrected chi connectivity index (χ3v) is 17.4. The third kappa shape index (κ3) is 17.4. The van der Waals surface area contributed by atoms with Crippen LogP contribution in [0.1, 0.15) is 167 Å². The van der Waals surface area contributed by atoms with Crippen molar-refractivity contribution in [2.24, 2.45) is 5.92 Å². The summed E-state index contributed by atoms with van der Waals surface area (Å²) in [6.45, 7) is 16.1. The van der Waals surface area contributed by atoms with Crippen LogP contribution in [0.4, 0.5) is 0 Å². The lowest BCUT2D eigenvalue weighted by Crippen LogP contribution is -2.25. The molecule has 0 saturated carbocycles. The van der Waals surface area contributed by atoms with Gasteiger partial charge in [-0.15, -0.1) is 35.8 Å². The molecule has 2 heterocycles. The van der Waals surface area contributed by atoms with Crippen LogP contribution >= 0.6 is 22.7 Å². The largest absolute Gasteiger partial charge is 0.494 e. The van der Waals surface area contributed by atoms with Gasteiger partial charge < -0.3 is 19.1 Å². The zero-order valence-electron chi connectivity index (χ0n) is 46.6. The van der Waals surface area contributed by atoms with Crippen molar-refractivity contribution in [3.63, 3.8) is 0 Å². The standard InChI is InChI=1S/C69H86O6S2/c1-6-10-13-15-17-21-44-69(45-22-18-16-14-11-7-2)62-51-56(66-42-40-64(76-66)54-28-34-58(35-29-54)71-46-24-19-26-48-73-68(70)53(5)9-4)32-38-60(62)61-39-33-57(52-63(61)69)67-43-41-65(77-67)55-30-36-59(37-31-55)72-47-25-20-27-50-75-74-49-23-12-8-3/h8-9,23,28-43,49,51-53H,3-4,6-7,10-22,24-27,44-48,50H2,1-2,5H3. The van der Waals surface area contributed by atoms with Crippen molar-refractivity contribution in [1.29, 1.82) is 0 Å². The Labute approximate surface area is 470 Å². The van der Waals surface area contributed by atoms with Crippen molar-refractivity contribution in [3.05, 3.63) is 158 Å². The molecule has 0 aliphatic heterocycles. The van der Waals surface area contributed by atoms with Crippen LogP contribution in [-0.2, 0) is 24.7 Å². The maximum absolute atomic E-state index is 11.9. The van der Waals surface area contributed by atoms with E-state index in [9.17, 15) is 4.79 Å². The summed E-state index contributed by atoms with van der Waals surface area (Å²) in [4.78, 5) is 27.3. The van der Waals surface area contributed by atoms with E-state index >= 15 is 0 Å². The summed E-state index contributed by atoms with van der Waals surface area (Å²) in [6, 6.07) is 41.2. The number of carbonyl (C=O) groups excluding carboxylic acids is 1. The first-order chi connectivity index (χ1) is 37.9. The maximum atomic E-state index is 11.9. The van der Waals surface area contributed by atoms with Crippen molar-refractivity contribution >= 4 is 28.6 Å². The van der Waals surface area contributed by atoms with E-state index in [2.05, 4.69) is 136 Å². The van der Waals surface area contributed by atoms with Gasteiger partial charge in [-0.1, -0.05) is 127 Å². The van der Waals surface area contributed by atoms with Gasteiger partial charge in [0.05, 0.1) is 32.3 Å². The molecule has 0 bridgehead atoms. The summed E-state index contributed by atoms with van der Waals surface area (Å²) < 4.78 is 17.6. The highest BCUT2D eigenvalue weighted by atomic mass is 32.1. The number of esters is 1. The normalized spacial score (nSPS) is 12.8. The van der Waals surface area contributed by atoms with Gasteiger partial charge in [0.15, 0.2) is 0 Å². The first-order valence-electron chi connectivity index (χ1n) is 29.2. The van der Waals surface area contributed by atoms with E-state index in [-0.39, 0.29) is 17.3 Å². The number of hydrogen-bond donors (Lipinski definition) is 0. The molecule has 0 saturated heterocycles. The minimum atomic E-state index is -0.267. The molecule has 0 N–H and O–H groups in total. The monoisotopic (exact) mass is 1070 g/mol. The van der Waals surface area contributed by atoms with Crippen molar-refractivity contribution in [3.8, 4) is 64.4 Å². The Hall–Kier alpha value is -5.67. The Morgan fingerprint density at radius 2 is 0.948 bits per heavy atom. The Morgan fingerprint density at radius 3 is 1.43 bits per heavy atom. The molecule has 0 fully saturated rings. The van der Waals surface area contributed by atoms with E-state index in [0.717, 1.165) is 56.4 Å². The molecule has 410 valence electrons. The quantitative estimate of drug-likeness (QED) is 0.00961. The molecule has 0 amide bonds. The Bertz CT molecular complexity index is 2710. The number of ether oxygens (including phenoxy) is 3. The predicted molar refractivity (Wildman–Crippen MR) is 326 cm³/mol. The molecule has 1 atom stereocenters. The van der Waals surface area contributed by atoms with Crippen LogP contribution in [0.15, 0.2) is 147 Å². The van der Waals surface area contributed by atoms with E-state index in [1.807, 2.05) is 34.8 Å². The molecule has 0 spiro atoms. The molecule has 1 aliphatic rings. The summed E-state index contributed by atoms with van der Waals surface area (Å²) in [5, 5.41) is 0. The van der Waals surface area contributed by atoms with E-state index in [4.69, 9.17) is 24.0 Å². The average Bonchev–Trinajstić information content (AvgIpc) is 4.30. The topological polar surface area (TPSA) is 63.2 Å². The number of carbonyl (C=O) groups is 1. The number of unbranched alkanes of at least 4 members (excludes halogenated alkanes) is 14. The van der Waals surface area contributed by atoms with Gasteiger partial charge in [0.25, 0.3) is 0 Å². The molecule has 2 aromatic heterocycles. The predicted octanol–water partition coefficient (Wildman–Crippen LogP) is 20.7. The lowest BCUT2D eigenvalue weighted by molar-refractivity contribution is -0.249. The lowest BCUT2D eigenvalue weighted by Gasteiger charge is -2.33. The van der Waals surface area contributed by atoms with Gasteiger partial charge >= 0.3 is 5.97 Å². The van der Waals surface area contributed by atoms with Gasteiger partial charge in [0.1, 0.15) is 17.8 Å². The fraction of sp³-hybridized carbons (Fsp3) is 0.435. The molecule has 1 aliphatic carbocycles. The number of thiophene rings is 2. The first kappa shape index (κ1) is 59.0. The second-order valence-electron chi connectivity index (χ2n) is 20.8. The average molecular weight is 1080 g/mol. The van der Waals surface area contributed by atoms with Crippen LogP contribution in [0.2, 0.25) is 0 Å². The van der Waals surface area contributed by atoms with Crippen LogP contribution < -0.4 is 9.47 Å². The summed E-state index contributed by atoms with van der Waals surface area (Å²) in [7, 11) is 0. The molecule has 6 aromatic rings. The number of rotatable bonds is 38. The zero-order chi connectivity index (χ0) is 53.9. The lowest BCUT2D eigenvalue weighted by atomic mass is 9.70. The summed E-state index contributed by atoms with van der Waals surface area (Å²) in [5.74, 6) is 1.30. The fourth-order valence-corrected chi connectivity index (χ4v) is 12.5. The van der Waals surface area contributed by atoms with Gasteiger partial charge in [-0.25, -0.2) is 0 Å². The molecule has 1 unspecified atom stereocenters. The summed E-state index contributed by atoms with van der Waals surface area (Å²) in [5.41, 5.74) is 10.9. The molecule has 0 radical (unpaired) electrons. The Morgan fingerprint density at radius 1 is 0.519 bits per heavy atom. The molecule has 77 heavy (non-hydrogen) atoms. The molecule has 8 heteroatoms. The van der Waals surface area contributed by atoms with Crippen LogP contribution in [0.25, 0.3) is 52.9 Å². The van der Waals surface area contributed by atoms with Gasteiger partial charge in [-0.3, -0.25) is 4.79 Å². The van der Waals surface area contributed by atoms with Gasteiger partial charge in [-0.05, 0) is 200 Å². The van der Waals surface area contributed by atoms with Crippen LogP contribution in [0.5, 0.6) is 11.5 Å². The Balaban J connectivity index is 1.05. The summed E-state index contributed by atoms with van der Waals surface area (Å²) >= 11 is 3.76. The van der Waals surface area contributed by atoms with Crippen molar-refractivity contribution in [2.75, 3.05) is 26.4 Å². The maximum Gasteiger partial charge on any atom is 0.312 e. The second-order valence-corrected chi connectivity index (χ2v) is 23.0. The van der Waals surface area contributed by atoms with E-state index in [1.54, 1.807) is 19.3 Å². The molecule has 6 nitrogen and oxygen atoms in total. The van der Waals surface area contributed by atoms with Gasteiger partial charge in [0, 0.05) is 24.9 Å². The SMILES string of the molecule is C=CCC=COOCCCCCOc1ccc(-c2ccc(-c3ccc4c(c3)C(CCCCCCCC)(CCCCCCCC)c3cc(-c5ccc(-c6ccc(OCCCCCOC(=O)C(C)C=C)cc6)s5)ccc3-4)s2)cc1. The smallest absolute Gasteiger partial charge is 0.312 e. The first-order valence-corrected chi connectivity index (χ1v) is 30.8. The van der Waals surface area contributed by atoms with Crippen molar-refractivity contribution in [1.82, 2.24) is 0 Å². The highest BCUT2D eigenvalue weighted by Gasteiger charge is 2.43. The van der Waals surface area contributed by atoms with Crippen LogP contribution in [0.3, 0.4) is 0 Å². The Kier molecular flexibility index (Phi) is 24.7. The van der Waals surface area contributed by atoms with Crippen LogP contribution in [0, 0.1) is 5.92 Å². The number of benzene rings is 4. The highest BCUT2D eigenvalue weighted by molar-refractivity contribution is 7.19. The third-order valence-electron chi connectivity index (χ3n) is 15.0. The zero-order valence-corrected chi connectivity index (χ0v) is 48.3. The van der Waals surface area contributed by atoms with Gasteiger partial charge in [0.2, 0.25) is 0 Å². The molecule has 7 rings (SSSR count). The molecule has 4 aromatic carbocycles. The summed E-state index contributed by atoms with van der Waals surface area (Å²) in [6.07, 6.45) is 31.1. The fourth-order valence-electron chi connectivity index (χ4n) is 10.5. The number of fused-ring (bicyclic) bond motifs is 3. The molecular weight excluding hydrogens is 989 g/mol. The second kappa shape index (κ2) is 32.3.